The molecule has 11 heavy (non-hydrogen) atoms. The van der Waals surface area contributed by atoms with Crippen molar-refractivity contribution in [3.05, 3.63) is 27.3 Å². The van der Waals surface area contributed by atoms with Crippen molar-refractivity contribution in [2.45, 2.75) is 0 Å². The molecule has 0 radical (unpaired) electrons. The molecule has 2 heterocycles. The van der Waals surface area contributed by atoms with Gasteiger partial charge in [-0.1, -0.05) is 11.6 Å². The molecule has 0 unspecified atom stereocenters. The van der Waals surface area contributed by atoms with Crippen molar-refractivity contribution in [2.75, 3.05) is 0 Å². The molecule has 56 valence electrons. The Kier molecular flexibility index (Phi) is 1.87. The fourth-order valence-electron chi connectivity index (χ4n) is 0.900. The van der Waals surface area contributed by atoms with E-state index in [1.807, 2.05) is 12.1 Å². The Labute approximate surface area is 81.1 Å². The second-order valence-corrected chi connectivity index (χ2v) is 4.86. The predicted molar refractivity (Wildman–Crippen MR) is 52.3 cm³/mol. The number of rotatable bonds is 0. The maximum Gasteiger partial charge on any atom is 0.146 e. The molecule has 2 aromatic heterocycles. The Balaban J connectivity index is 2.90. The van der Waals surface area contributed by atoms with E-state index < -0.39 is 0 Å². The van der Waals surface area contributed by atoms with Gasteiger partial charge in [-0.15, -0.1) is 11.3 Å². The molecule has 0 amide bonds. The Morgan fingerprint density at radius 1 is 1.55 bits per heavy atom. The lowest BCUT2D eigenvalue weighted by molar-refractivity contribution is 1.37. The summed E-state index contributed by atoms with van der Waals surface area (Å²) in [6, 6.07) is 3.98. The minimum absolute atomic E-state index is 0.582. The van der Waals surface area contributed by atoms with E-state index in [9.17, 15) is 0 Å². The van der Waals surface area contributed by atoms with Gasteiger partial charge in [-0.3, -0.25) is 0 Å². The van der Waals surface area contributed by atoms with Crippen molar-refractivity contribution >= 4 is 49.0 Å². The van der Waals surface area contributed by atoms with Gasteiger partial charge in [0.15, 0.2) is 0 Å². The van der Waals surface area contributed by atoms with Crippen LogP contribution in [0.3, 0.4) is 0 Å². The Bertz CT molecular complexity index is 398. The fraction of sp³-hybridized carbons (Fsp3) is 0. The molecular formula is C7H3BrClNS. The van der Waals surface area contributed by atoms with Crippen molar-refractivity contribution in [1.29, 1.82) is 0 Å². The first-order valence-corrected chi connectivity index (χ1v) is 4.95. The number of pyridine rings is 1. The normalized spacial score (nSPS) is 10.7. The summed E-state index contributed by atoms with van der Waals surface area (Å²) in [6.07, 6.45) is 1.71. The van der Waals surface area contributed by atoms with E-state index in [0.717, 1.165) is 13.9 Å². The average Bonchev–Trinajstić information content (AvgIpc) is 2.31. The first-order chi connectivity index (χ1) is 5.27. The van der Waals surface area contributed by atoms with Crippen molar-refractivity contribution in [3.8, 4) is 0 Å². The second-order valence-electron chi connectivity index (χ2n) is 2.07. The summed E-state index contributed by atoms with van der Waals surface area (Å²) in [7, 11) is 0. The lowest BCUT2D eigenvalue weighted by atomic mass is 10.3. The van der Waals surface area contributed by atoms with Crippen LogP contribution in [0.5, 0.6) is 0 Å². The molecule has 1 nitrogen and oxygen atoms in total. The summed E-state index contributed by atoms with van der Waals surface area (Å²) in [4.78, 5) is 3.98. The Hall–Kier alpha value is -0.120. The van der Waals surface area contributed by atoms with Crippen LogP contribution in [0.25, 0.3) is 10.1 Å². The van der Waals surface area contributed by atoms with E-state index in [2.05, 4.69) is 20.9 Å². The van der Waals surface area contributed by atoms with E-state index in [0.29, 0.717) is 5.15 Å². The van der Waals surface area contributed by atoms with Gasteiger partial charge in [-0.2, -0.15) is 0 Å². The highest BCUT2D eigenvalue weighted by Gasteiger charge is 2.02. The zero-order valence-corrected chi connectivity index (χ0v) is 8.50. The lowest BCUT2D eigenvalue weighted by Gasteiger charge is -1.88. The van der Waals surface area contributed by atoms with Gasteiger partial charge in [0.1, 0.15) is 5.15 Å². The minimum Gasteiger partial charge on any atom is -0.243 e. The van der Waals surface area contributed by atoms with Crippen molar-refractivity contribution < 1.29 is 0 Å². The monoisotopic (exact) mass is 247 g/mol. The van der Waals surface area contributed by atoms with Gasteiger partial charge < -0.3 is 0 Å². The quantitative estimate of drug-likeness (QED) is 0.648. The summed E-state index contributed by atoms with van der Waals surface area (Å²) in [5.41, 5.74) is 0. The van der Waals surface area contributed by atoms with Gasteiger partial charge >= 0.3 is 0 Å². The van der Waals surface area contributed by atoms with E-state index in [-0.39, 0.29) is 0 Å². The van der Waals surface area contributed by atoms with Crippen molar-refractivity contribution in [1.82, 2.24) is 4.98 Å². The molecule has 0 saturated heterocycles. The number of fused-ring (bicyclic) bond motifs is 1. The van der Waals surface area contributed by atoms with Gasteiger partial charge in [-0.05, 0) is 33.4 Å². The van der Waals surface area contributed by atoms with Crippen LogP contribution < -0.4 is 0 Å². The highest BCUT2D eigenvalue weighted by atomic mass is 79.9. The smallest absolute Gasteiger partial charge is 0.146 e. The highest BCUT2D eigenvalue weighted by molar-refractivity contribution is 9.11. The second kappa shape index (κ2) is 2.73. The third-order valence-electron chi connectivity index (χ3n) is 1.36. The maximum atomic E-state index is 5.85. The first kappa shape index (κ1) is 7.53. The topological polar surface area (TPSA) is 12.9 Å². The minimum atomic E-state index is 0.582. The number of halogens is 2. The Morgan fingerprint density at radius 2 is 2.36 bits per heavy atom. The molecule has 0 spiro atoms. The SMILES string of the molecule is Clc1nccc2cc(Br)sc12. The largest absolute Gasteiger partial charge is 0.243 e. The van der Waals surface area contributed by atoms with Crippen molar-refractivity contribution in [2.24, 2.45) is 0 Å². The highest BCUT2D eigenvalue weighted by Crippen LogP contribution is 2.32. The molecule has 2 rings (SSSR count). The van der Waals surface area contributed by atoms with Crippen LogP contribution in [-0.2, 0) is 0 Å². The molecule has 0 aliphatic heterocycles. The molecule has 4 heteroatoms. The van der Waals surface area contributed by atoms with Crippen LogP contribution in [0.15, 0.2) is 22.1 Å². The van der Waals surface area contributed by atoms with Crippen LogP contribution >= 0.6 is 38.9 Å². The van der Waals surface area contributed by atoms with Crippen molar-refractivity contribution in [3.63, 3.8) is 0 Å². The molecule has 0 N–H and O–H groups in total. The third kappa shape index (κ3) is 1.28. The molecule has 0 bridgehead atoms. The molecule has 0 atom stereocenters. The first-order valence-electron chi connectivity index (χ1n) is 2.97. The third-order valence-corrected chi connectivity index (χ3v) is 3.42. The van der Waals surface area contributed by atoms with Crippen LogP contribution in [0.2, 0.25) is 5.15 Å². The number of hydrogen-bond donors (Lipinski definition) is 0. The molecular weight excluding hydrogens is 246 g/mol. The van der Waals surface area contributed by atoms with Crippen LogP contribution in [0.4, 0.5) is 0 Å². The van der Waals surface area contributed by atoms with E-state index >= 15 is 0 Å². The molecule has 0 saturated carbocycles. The molecule has 0 aliphatic carbocycles. The summed E-state index contributed by atoms with van der Waals surface area (Å²) < 4.78 is 2.13. The summed E-state index contributed by atoms with van der Waals surface area (Å²) in [5.74, 6) is 0. The summed E-state index contributed by atoms with van der Waals surface area (Å²) in [5, 5.41) is 1.72. The van der Waals surface area contributed by atoms with E-state index in [1.54, 1.807) is 17.5 Å². The summed E-state index contributed by atoms with van der Waals surface area (Å²) >= 11 is 10.8. The van der Waals surface area contributed by atoms with Gasteiger partial charge in [0.25, 0.3) is 0 Å². The summed E-state index contributed by atoms with van der Waals surface area (Å²) in [6.45, 7) is 0. The van der Waals surface area contributed by atoms with Crippen LogP contribution in [-0.4, -0.2) is 4.98 Å². The zero-order valence-electron chi connectivity index (χ0n) is 5.34. The number of nitrogens with zero attached hydrogens (tertiary/aromatic N) is 1. The predicted octanol–water partition coefficient (Wildman–Crippen LogP) is 3.71. The standard InChI is InChI=1S/C7H3BrClNS/c8-5-3-4-1-2-10-7(9)6(4)11-5/h1-3H. The lowest BCUT2D eigenvalue weighted by Crippen LogP contribution is -1.70. The Morgan fingerprint density at radius 3 is 3.09 bits per heavy atom. The van der Waals surface area contributed by atoms with Gasteiger partial charge in [0, 0.05) is 6.20 Å². The fourth-order valence-corrected chi connectivity index (χ4v) is 2.68. The van der Waals surface area contributed by atoms with E-state index in [1.165, 1.54) is 0 Å². The molecule has 0 fully saturated rings. The van der Waals surface area contributed by atoms with Crippen LogP contribution in [0, 0.1) is 0 Å². The number of hydrogen-bond acceptors (Lipinski definition) is 2. The number of aromatic nitrogens is 1. The zero-order chi connectivity index (χ0) is 7.84. The molecule has 0 aliphatic rings. The number of thiophene rings is 1. The van der Waals surface area contributed by atoms with Gasteiger partial charge in [0.05, 0.1) is 8.49 Å². The van der Waals surface area contributed by atoms with Gasteiger partial charge in [0.2, 0.25) is 0 Å². The van der Waals surface area contributed by atoms with E-state index in [4.69, 9.17) is 11.6 Å². The molecule has 0 aromatic carbocycles. The average molecular weight is 249 g/mol. The van der Waals surface area contributed by atoms with Gasteiger partial charge in [-0.25, -0.2) is 4.98 Å². The molecule has 2 aromatic rings. The maximum absolute atomic E-state index is 5.85. The van der Waals surface area contributed by atoms with Crippen LogP contribution in [0.1, 0.15) is 0 Å².